The van der Waals surface area contributed by atoms with Gasteiger partial charge in [-0.1, -0.05) is 19.4 Å². The van der Waals surface area contributed by atoms with Crippen molar-refractivity contribution in [2.24, 2.45) is 5.92 Å². The highest BCUT2D eigenvalue weighted by atomic mass is 32.2. The highest BCUT2D eigenvalue weighted by Gasteiger charge is 2.32. The lowest BCUT2D eigenvalue weighted by molar-refractivity contribution is 0.0916. The number of piperidine rings is 2. The molecule has 0 radical (unpaired) electrons. The van der Waals surface area contributed by atoms with E-state index in [0.717, 1.165) is 38.3 Å². The molecule has 6 nitrogen and oxygen atoms in total. The van der Waals surface area contributed by atoms with Crippen LogP contribution < -0.4 is 5.32 Å². The minimum absolute atomic E-state index is 0.124. The molecule has 2 saturated heterocycles. The molecule has 9 heteroatoms. The average molecular weight is 482 g/mol. The van der Waals surface area contributed by atoms with Crippen molar-refractivity contribution in [3.05, 3.63) is 38.7 Å². The van der Waals surface area contributed by atoms with E-state index in [9.17, 15) is 13.2 Å². The fourth-order valence-electron chi connectivity index (χ4n) is 4.41. The zero-order chi connectivity index (χ0) is 21.8. The Morgan fingerprint density at radius 2 is 1.84 bits per heavy atom. The standard InChI is InChI=1S/C22H31N3O3S3/c1-17-7-12-24(13-8-17)18(19-6-5-14-29-19)16-23-22(26)21-20(9-15-30-21)31(27,28)25-10-3-2-4-11-25/h5-6,9,14-15,17-18H,2-4,7-8,10-13,16H2,1H3,(H,23,26). The minimum atomic E-state index is -3.63. The SMILES string of the molecule is CC1CCN(C(CNC(=O)c2sccc2S(=O)(=O)N2CCCCC2)c2cccs2)CC1. The van der Waals surface area contributed by atoms with Gasteiger partial charge in [0.1, 0.15) is 9.77 Å². The number of thiophene rings is 2. The van der Waals surface area contributed by atoms with Gasteiger partial charge in [0.2, 0.25) is 10.0 Å². The highest BCUT2D eigenvalue weighted by molar-refractivity contribution is 7.89. The topological polar surface area (TPSA) is 69.7 Å². The summed E-state index contributed by atoms with van der Waals surface area (Å²) in [6.45, 7) is 5.88. The van der Waals surface area contributed by atoms with E-state index in [0.29, 0.717) is 24.5 Å². The third kappa shape index (κ3) is 5.22. The molecule has 31 heavy (non-hydrogen) atoms. The van der Waals surface area contributed by atoms with Crippen LogP contribution in [0.2, 0.25) is 0 Å². The molecular formula is C22H31N3O3S3. The highest BCUT2D eigenvalue weighted by Crippen LogP contribution is 2.30. The number of hydrogen-bond donors (Lipinski definition) is 1. The van der Waals surface area contributed by atoms with Gasteiger partial charge in [-0.15, -0.1) is 22.7 Å². The second-order valence-electron chi connectivity index (χ2n) is 8.54. The van der Waals surface area contributed by atoms with E-state index in [1.807, 2.05) is 6.07 Å². The van der Waals surface area contributed by atoms with Gasteiger partial charge >= 0.3 is 0 Å². The Kier molecular flexibility index (Phi) is 7.48. The van der Waals surface area contributed by atoms with Crippen LogP contribution in [-0.4, -0.2) is 56.3 Å². The van der Waals surface area contributed by atoms with Gasteiger partial charge in [0, 0.05) is 24.5 Å². The fourth-order valence-corrected chi connectivity index (χ4v) is 8.11. The van der Waals surface area contributed by atoms with Crippen molar-refractivity contribution in [2.75, 3.05) is 32.7 Å². The minimum Gasteiger partial charge on any atom is -0.349 e. The molecule has 0 saturated carbocycles. The molecule has 170 valence electrons. The van der Waals surface area contributed by atoms with Crippen LogP contribution in [0.3, 0.4) is 0 Å². The lowest BCUT2D eigenvalue weighted by Gasteiger charge is -2.36. The van der Waals surface area contributed by atoms with Crippen molar-refractivity contribution in [1.82, 2.24) is 14.5 Å². The Balaban J connectivity index is 1.47. The molecule has 4 heterocycles. The van der Waals surface area contributed by atoms with Gasteiger partial charge in [0.05, 0.1) is 6.04 Å². The van der Waals surface area contributed by atoms with Crippen LogP contribution in [-0.2, 0) is 10.0 Å². The van der Waals surface area contributed by atoms with Crippen LogP contribution in [0, 0.1) is 5.92 Å². The maximum absolute atomic E-state index is 13.1. The summed E-state index contributed by atoms with van der Waals surface area (Å²) in [4.78, 5) is 17.2. The number of sulfonamides is 1. The number of carbonyl (C=O) groups is 1. The van der Waals surface area contributed by atoms with Crippen LogP contribution in [0.5, 0.6) is 0 Å². The molecule has 0 spiro atoms. The maximum Gasteiger partial charge on any atom is 0.262 e. The average Bonchev–Trinajstić information content (AvgIpc) is 3.48. The van der Waals surface area contributed by atoms with Crippen LogP contribution in [0.1, 0.15) is 59.6 Å². The Morgan fingerprint density at radius 1 is 1.10 bits per heavy atom. The van der Waals surface area contributed by atoms with Crippen LogP contribution in [0.15, 0.2) is 33.9 Å². The van der Waals surface area contributed by atoms with Crippen molar-refractivity contribution in [3.63, 3.8) is 0 Å². The maximum atomic E-state index is 13.1. The van der Waals surface area contributed by atoms with E-state index < -0.39 is 10.0 Å². The van der Waals surface area contributed by atoms with Gasteiger partial charge in [-0.2, -0.15) is 4.31 Å². The number of rotatable bonds is 7. The molecule has 0 bridgehead atoms. The zero-order valence-electron chi connectivity index (χ0n) is 18.0. The van der Waals surface area contributed by atoms with Crippen molar-refractivity contribution in [3.8, 4) is 0 Å². The fraction of sp³-hybridized carbons (Fsp3) is 0.591. The normalized spacial score (nSPS) is 20.5. The first kappa shape index (κ1) is 22.9. The third-order valence-electron chi connectivity index (χ3n) is 6.35. The molecule has 1 N–H and O–H groups in total. The summed E-state index contributed by atoms with van der Waals surface area (Å²) in [6.07, 6.45) is 5.14. The Hall–Kier alpha value is -1.26. The summed E-state index contributed by atoms with van der Waals surface area (Å²) in [5.74, 6) is 0.445. The van der Waals surface area contributed by atoms with Gasteiger partial charge in [0.25, 0.3) is 5.91 Å². The van der Waals surface area contributed by atoms with Crippen molar-refractivity contribution < 1.29 is 13.2 Å². The molecule has 0 aromatic carbocycles. The molecule has 1 unspecified atom stereocenters. The van der Waals surface area contributed by atoms with Crippen LogP contribution >= 0.6 is 22.7 Å². The van der Waals surface area contributed by atoms with Gasteiger partial charge in [0.15, 0.2) is 0 Å². The molecular weight excluding hydrogens is 450 g/mol. The molecule has 1 atom stereocenters. The van der Waals surface area contributed by atoms with E-state index in [2.05, 4.69) is 28.6 Å². The molecule has 1 amide bonds. The predicted molar refractivity (Wildman–Crippen MR) is 126 cm³/mol. The molecule has 2 aromatic heterocycles. The number of carbonyl (C=O) groups excluding carboxylic acids is 1. The smallest absolute Gasteiger partial charge is 0.262 e. The van der Waals surface area contributed by atoms with Crippen LogP contribution in [0.4, 0.5) is 0 Å². The first-order chi connectivity index (χ1) is 15.0. The summed E-state index contributed by atoms with van der Waals surface area (Å²) in [5, 5.41) is 6.82. The largest absolute Gasteiger partial charge is 0.349 e. The quantitative estimate of drug-likeness (QED) is 0.644. The van der Waals surface area contributed by atoms with E-state index in [-0.39, 0.29) is 16.8 Å². The van der Waals surface area contributed by atoms with E-state index >= 15 is 0 Å². The van der Waals surface area contributed by atoms with E-state index in [1.54, 1.807) is 22.8 Å². The molecule has 2 aliphatic rings. The Bertz CT molecular complexity index is 957. The zero-order valence-corrected chi connectivity index (χ0v) is 20.4. The lowest BCUT2D eigenvalue weighted by atomic mass is 9.97. The number of hydrogen-bond acceptors (Lipinski definition) is 6. The van der Waals surface area contributed by atoms with Gasteiger partial charge < -0.3 is 5.32 Å². The monoisotopic (exact) mass is 481 g/mol. The molecule has 2 aliphatic heterocycles. The van der Waals surface area contributed by atoms with Gasteiger partial charge in [-0.25, -0.2) is 8.42 Å². The summed E-state index contributed by atoms with van der Waals surface area (Å²) in [5.41, 5.74) is 0. The lowest BCUT2D eigenvalue weighted by Crippen LogP contribution is -2.42. The number of nitrogens with zero attached hydrogens (tertiary/aromatic N) is 2. The Labute approximate surface area is 193 Å². The molecule has 2 aromatic rings. The second-order valence-corrected chi connectivity index (χ2v) is 12.3. The molecule has 4 rings (SSSR count). The first-order valence-corrected chi connectivity index (χ1v) is 14.3. The van der Waals surface area contributed by atoms with Crippen LogP contribution in [0.25, 0.3) is 0 Å². The number of amides is 1. The van der Waals surface area contributed by atoms with Gasteiger partial charge in [-0.05, 0) is 67.6 Å². The first-order valence-electron chi connectivity index (χ1n) is 11.1. The van der Waals surface area contributed by atoms with Crippen molar-refractivity contribution in [1.29, 1.82) is 0 Å². The number of nitrogens with one attached hydrogen (secondary N) is 1. The predicted octanol–water partition coefficient (Wildman–Crippen LogP) is 4.19. The molecule has 2 fully saturated rings. The Morgan fingerprint density at radius 3 is 2.52 bits per heavy atom. The van der Waals surface area contributed by atoms with Crippen molar-refractivity contribution in [2.45, 2.75) is 50.0 Å². The summed E-state index contributed by atoms with van der Waals surface area (Å²) >= 11 is 2.91. The van der Waals surface area contributed by atoms with Crippen molar-refractivity contribution >= 4 is 38.6 Å². The summed E-state index contributed by atoms with van der Waals surface area (Å²) in [7, 11) is -3.63. The van der Waals surface area contributed by atoms with E-state index in [1.165, 1.54) is 33.4 Å². The van der Waals surface area contributed by atoms with Gasteiger partial charge in [-0.3, -0.25) is 9.69 Å². The second kappa shape index (κ2) is 10.1. The molecule has 0 aliphatic carbocycles. The summed E-state index contributed by atoms with van der Waals surface area (Å²) in [6, 6.07) is 5.87. The third-order valence-corrected chi connectivity index (χ3v) is 10.3. The van der Waals surface area contributed by atoms with E-state index in [4.69, 9.17) is 0 Å². The summed E-state index contributed by atoms with van der Waals surface area (Å²) < 4.78 is 27.8. The number of likely N-dealkylation sites (tertiary alicyclic amines) is 1.